The van der Waals surface area contributed by atoms with E-state index in [1.54, 1.807) is 20.8 Å². The summed E-state index contributed by atoms with van der Waals surface area (Å²) in [4.78, 5) is 25.3. The van der Waals surface area contributed by atoms with E-state index in [4.69, 9.17) is 4.74 Å². The van der Waals surface area contributed by atoms with Crippen molar-refractivity contribution in [3.63, 3.8) is 0 Å². The number of β-amino-alcohol motifs (C(OH)–C–C–N with tert-alkyl or cyclic N) is 2. The van der Waals surface area contributed by atoms with E-state index in [2.05, 4.69) is 5.32 Å². The maximum atomic E-state index is 12.3. The molecule has 0 saturated carbocycles. The molecule has 0 aromatic heterocycles. The SMILES string of the molecule is CC1C(=O)NC[C@@H](O)[C@@H](O)[C@H](O)[C@@H](O)CN1C(=O)OC(C)(C)C. The Morgan fingerprint density at radius 1 is 1.17 bits per heavy atom. The van der Waals surface area contributed by atoms with Gasteiger partial charge < -0.3 is 30.5 Å². The first-order valence-corrected chi connectivity index (χ1v) is 7.43. The van der Waals surface area contributed by atoms with Crippen LogP contribution >= 0.6 is 0 Å². The lowest BCUT2D eigenvalue weighted by Crippen LogP contribution is -2.59. The van der Waals surface area contributed by atoms with Crippen molar-refractivity contribution in [2.75, 3.05) is 13.1 Å². The molecule has 9 nitrogen and oxygen atoms in total. The molecule has 23 heavy (non-hydrogen) atoms. The Morgan fingerprint density at radius 3 is 2.22 bits per heavy atom. The summed E-state index contributed by atoms with van der Waals surface area (Å²) in [5.41, 5.74) is -0.804. The molecule has 9 heteroatoms. The molecule has 1 saturated heterocycles. The zero-order valence-electron chi connectivity index (χ0n) is 13.8. The van der Waals surface area contributed by atoms with E-state index in [0.717, 1.165) is 4.90 Å². The number of ether oxygens (including phenoxy) is 1. The van der Waals surface area contributed by atoms with Crippen molar-refractivity contribution in [2.45, 2.75) is 63.8 Å². The van der Waals surface area contributed by atoms with Crippen molar-refractivity contribution in [1.82, 2.24) is 10.2 Å². The van der Waals surface area contributed by atoms with Crippen LogP contribution in [0.15, 0.2) is 0 Å². The predicted octanol–water partition coefficient (Wildman–Crippen LogP) is -1.81. The summed E-state index contributed by atoms with van der Waals surface area (Å²) in [5, 5.41) is 41.7. The summed E-state index contributed by atoms with van der Waals surface area (Å²) in [6.45, 7) is 5.64. The fraction of sp³-hybridized carbons (Fsp3) is 0.857. The standard InChI is InChI=1S/C14H26N2O7/c1-7-12(21)15-5-8(17)10(19)11(20)9(18)6-16(7)13(22)23-14(2,3)4/h7-11,17-20H,5-6H2,1-4H3,(H,15,21)/t7?,8-,9+,10-,11-/m1/s1. The van der Waals surface area contributed by atoms with Crippen molar-refractivity contribution in [3.8, 4) is 0 Å². The van der Waals surface area contributed by atoms with E-state index < -0.39 is 54.6 Å². The molecule has 0 bridgehead atoms. The van der Waals surface area contributed by atoms with Crippen LogP contribution in [0.25, 0.3) is 0 Å². The molecule has 5 atom stereocenters. The van der Waals surface area contributed by atoms with Crippen molar-refractivity contribution in [3.05, 3.63) is 0 Å². The summed E-state index contributed by atoms with van der Waals surface area (Å²) in [6, 6.07) is -0.992. The van der Waals surface area contributed by atoms with Crippen molar-refractivity contribution < 1.29 is 34.8 Å². The Hall–Kier alpha value is -1.42. The zero-order chi connectivity index (χ0) is 17.9. The van der Waals surface area contributed by atoms with E-state index in [1.807, 2.05) is 0 Å². The van der Waals surface area contributed by atoms with Gasteiger partial charge >= 0.3 is 6.09 Å². The van der Waals surface area contributed by atoms with Crippen LogP contribution in [0.2, 0.25) is 0 Å². The van der Waals surface area contributed by atoms with Crippen LogP contribution in [0.1, 0.15) is 27.7 Å². The van der Waals surface area contributed by atoms with Gasteiger partial charge in [-0.2, -0.15) is 0 Å². The highest BCUT2D eigenvalue weighted by Gasteiger charge is 2.38. The van der Waals surface area contributed by atoms with Gasteiger partial charge in [-0.15, -0.1) is 0 Å². The highest BCUT2D eigenvalue weighted by molar-refractivity contribution is 5.85. The highest BCUT2D eigenvalue weighted by Crippen LogP contribution is 2.15. The Balaban J connectivity index is 3.02. The molecule has 1 heterocycles. The molecule has 1 aliphatic heterocycles. The third-order valence-electron chi connectivity index (χ3n) is 3.48. The van der Waals surface area contributed by atoms with E-state index in [9.17, 15) is 30.0 Å². The number of hydrogen-bond donors (Lipinski definition) is 5. The van der Waals surface area contributed by atoms with Gasteiger partial charge in [-0.3, -0.25) is 9.69 Å². The number of rotatable bonds is 0. The maximum absolute atomic E-state index is 12.3. The molecule has 5 N–H and O–H groups in total. The topological polar surface area (TPSA) is 140 Å². The van der Waals surface area contributed by atoms with Gasteiger partial charge in [0.05, 0.1) is 12.6 Å². The molecular weight excluding hydrogens is 308 g/mol. The second kappa shape index (κ2) is 7.43. The highest BCUT2D eigenvalue weighted by atomic mass is 16.6. The third kappa shape index (κ3) is 5.31. The zero-order valence-corrected chi connectivity index (χ0v) is 13.8. The van der Waals surface area contributed by atoms with Gasteiger partial charge in [-0.25, -0.2) is 4.79 Å². The summed E-state index contributed by atoms with van der Waals surface area (Å²) in [5.74, 6) is -0.578. The molecule has 0 radical (unpaired) electrons. The average Bonchev–Trinajstić information content (AvgIpc) is 2.44. The number of hydrogen-bond acceptors (Lipinski definition) is 7. The molecule has 1 aliphatic rings. The first kappa shape index (κ1) is 19.6. The Kier molecular flexibility index (Phi) is 6.34. The molecular formula is C14H26N2O7. The number of carbonyl (C=O) groups is 2. The van der Waals surface area contributed by atoms with E-state index >= 15 is 0 Å². The Labute approximate surface area is 134 Å². The molecule has 1 unspecified atom stereocenters. The number of aliphatic hydroxyl groups is 4. The van der Waals surface area contributed by atoms with Gasteiger partial charge in [0.1, 0.15) is 30.0 Å². The van der Waals surface area contributed by atoms with Crippen LogP contribution in [0.3, 0.4) is 0 Å². The minimum absolute atomic E-state index is 0.323. The van der Waals surface area contributed by atoms with Crippen LogP contribution in [0, 0.1) is 0 Å². The van der Waals surface area contributed by atoms with Crippen molar-refractivity contribution in [1.29, 1.82) is 0 Å². The second-order valence-corrected chi connectivity index (χ2v) is 6.67. The molecule has 0 spiro atoms. The van der Waals surface area contributed by atoms with Crippen molar-refractivity contribution in [2.24, 2.45) is 0 Å². The monoisotopic (exact) mass is 334 g/mol. The number of carbonyl (C=O) groups excluding carboxylic acids is 2. The lowest BCUT2D eigenvalue weighted by Gasteiger charge is -2.36. The largest absolute Gasteiger partial charge is 0.444 e. The first-order chi connectivity index (χ1) is 10.4. The normalized spacial score (nSPS) is 33.8. The number of aliphatic hydroxyl groups excluding tert-OH is 4. The number of nitrogens with zero attached hydrogens (tertiary/aromatic N) is 1. The third-order valence-corrected chi connectivity index (χ3v) is 3.48. The van der Waals surface area contributed by atoms with Gasteiger partial charge in [0, 0.05) is 6.54 Å². The van der Waals surface area contributed by atoms with Gasteiger partial charge in [0.2, 0.25) is 5.91 Å². The van der Waals surface area contributed by atoms with E-state index in [-0.39, 0.29) is 6.54 Å². The molecule has 1 rings (SSSR count). The molecule has 1 fully saturated rings. The van der Waals surface area contributed by atoms with Crippen LogP contribution in [0.5, 0.6) is 0 Å². The molecule has 0 aromatic rings. The van der Waals surface area contributed by atoms with Crippen LogP contribution < -0.4 is 5.32 Å². The summed E-state index contributed by atoms with van der Waals surface area (Å²) in [6.07, 6.45) is -7.18. The van der Waals surface area contributed by atoms with Gasteiger partial charge in [0.15, 0.2) is 0 Å². The fourth-order valence-corrected chi connectivity index (χ4v) is 2.09. The lowest BCUT2D eigenvalue weighted by molar-refractivity contribution is -0.135. The van der Waals surface area contributed by atoms with Crippen molar-refractivity contribution >= 4 is 12.0 Å². The number of nitrogens with one attached hydrogen (secondary N) is 1. The predicted molar refractivity (Wildman–Crippen MR) is 79.4 cm³/mol. The van der Waals surface area contributed by atoms with Crippen LogP contribution in [-0.4, -0.2) is 86.5 Å². The molecule has 2 amide bonds. The van der Waals surface area contributed by atoms with Crippen LogP contribution in [0.4, 0.5) is 4.79 Å². The Bertz CT molecular complexity index is 437. The first-order valence-electron chi connectivity index (χ1n) is 7.43. The summed E-state index contributed by atoms with van der Waals surface area (Å²) in [7, 11) is 0. The average molecular weight is 334 g/mol. The van der Waals surface area contributed by atoms with Gasteiger partial charge in [0.25, 0.3) is 0 Å². The van der Waals surface area contributed by atoms with Gasteiger partial charge in [-0.05, 0) is 27.7 Å². The quantitative estimate of drug-likeness (QED) is 0.351. The molecule has 0 aliphatic carbocycles. The Morgan fingerprint density at radius 2 is 1.70 bits per heavy atom. The molecule has 0 aromatic carbocycles. The second-order valence-electron chi connectivity index (χ2n) is 6.67. The number of amides is 2. The fourth-order valence-electron chi connectivity index (χ4n) is 2.09. The smallest absolute Gasteiger partial charge is 0.411 e. The van der Waals surface area contributed by atoms with Crippen LogP contribution in [-0.2, 0) is 9.53 Å². The van der Waals surface area contributed by atoms with E-state index in [1.165, 1.54) is 6.92 Å². The summed E-state index contributed by atoms with van der Waals surface area (Å²) < 4.78 is 5.20. The lowest BCUT2D eigenvalue weighted by atomic mass is 10.0. The summed E-state index contributed by atoms with van der Waals surface area (Å²) >= 11 is 0. The molecule has 134 valence electrons. The van der Waals surface area contributed by atoms with Gasteiger partial charge in [-0.1, -0.05) is 0 Å². The minimum atomic E-state index is -1.68. The van der Waals surface area contributed by atoms with E-state index in [0.29, 0.717) is 0 Å². The minimum Gasteiger partial charge on any atom is -0.444 e. The maximum Gasteiger partial charge on any atom is 0.411 e.